The van der Waals surface area contributed by atoms with Crippen LogP contribution in [0.15, 0.2) is 0 Å². The van der Waals surface area contributed by atoms with Crippen LogP contribution in [0, 0.1) is 0 Å². The van der Waals surface area contributed by atoms with E-state index >= 15 is 0 Å². The molecule has 0 aliphatic carbocycles. The Hall–Kier alpha value is -0.820. The number of β-amino-alcohol motifs (C(OH)–C–C–N with tert-alkyl or cyclic N) is 1. The summed E-state index contributed by atoms with van der Waals surface area (Å²) in [7, 11) is 0. The molecule has 7 heteroatoms. The van der Waals surface area contributed by atoms with Gasteiger partial charge in [-0.05, 0) is 6.42 Å². The maximum Gasteiger partial charge on any atom is 0.411 e. The summed E-state index contributed by atoms with van der Waals surface area (Å²) >= 11 is 0. The highest BCUT2D eigenvalue weighted by Gasteiger charge is 2.42. The molecule has 4 nitrogen and oxygen atoms in total. The van der Waals surface area contributed by atoms with Crippen molar-refractivity contribution in [3.05, 3.63) is 0 Å². The highest BCUT2D eigenvalue weighted by atomic mass is 19.4. The van der Waals surface area contributed by atoms with Gasteiger partial charge >= 0.3 is 6.18 Å². The van der Waals surface area contributed by atoms with Gasteiger partial charge in [-0.1, -0.05) is 6.92 Å². The van der Waals surface area contributed by atoms with Crippen molar-refractivity contribution in [1.29, 1.82) is 0 Å². The van der Waals surface area contributed by atoms with Crippen LogP contribution in [0.5, 0.6) is 0 Å². The maximum absolute atomic E-state index is 11.7. The van der Waals surface area contributed by atoms with E-state index in [0.29, 0.717) is 6.42 Å². The average molecular weight is 241 g/mol. The first-order valence-electron chi connectivity index (χ1n) is 4.90. The van der Waals surface area contributed by atoms with Gasteiger partial charge in [0.1, 0.15) is 13.2 Å². The molecule has 1 amide bonds. The van der Waals surface area contributed by atoms with Crippen molar-refractivity contribution >= 4 is 5.91 Å². The van der Waals surface area contributed by atoms with E-state index in [1.165, 1.54) is 4.90 Å². The fraction of sp³-hybridized carbons (Fsp3) is 0.889. The third-order valence-corrected chi connectivity index (χ3v) is 2.47. The van der Waals surface area contributed by atoms with Gasteiger partial charge in [-0.3, -0.25) is 4.79 Å². The van der Waals surface area contributed by atoms with Crippen LogP contribution in [0.1, 0.15) is 13.3 Å². The summed E-state index contributed by atoms with van der Waals surface area (Å²) in [6, 6.07) is 0. The van der Waals surface area contributed by atoms with Crippen LogP contribution in [0.25, 0.3) is 0 Å². The van der Waals surface area contributed by atoms with Gasteiger partial charge in [-0.15, -0.1) is 0 Å². The van der Waals surface area contributed by atoms with Crippen molar-refractivity contribution in [3.63, 3.8) is 0 Å². The second kappa shape index (κ2) is 4.58. The van der Waals surface area contributed by atoms with Crippen LogP contribution in [0.4, 0.5) is 13.2 Å². The van der Waals surface area contributed by atoms with Gasteiger partial charge in [0.05, 0.1) is 18.7 Å². The number of halogens is 3. The minimum Gasteiger partial charge on any atom is -0.386 e. The van der Waals surface area contributed by atoms with Crippen LogP contribution in [-0.2, 0) is 9.53 Å². The molecule has 0 unspecified atom stereocenters. The molecule has 94 valence electrons. The number of nitrogens with zero attached hydrogens (tertiary/aromatic N) is 1. The molecule has 1 N–H and O–H groups in total. The second-order valence-electron chi connectivity index (χ2n) is 3.94. The van der Waals surface area contributed by atoms with Crippen LogP contribution < -0.4 is 0 Å². The largest absolute Gasteiger partial charge is 0.411 e. The van der Waals surface area contributed by atoms with E-state index in [1.54, 1.807) is 6.92 Å². The predicted molar refractivity (Wildman–Crippen MR) is 48.7 cm³/mol. The Kier molecular flexibility index (Phi) is 3.80. The molecule has 16 heavy (non-hydrogen) atoms. The molecule has 0 bridgehead atoms. The first-order chi connectivity index (χ1) is 7.26. The van der Waals surface area contributed by atoms with Crippen LogP contribution in [-0.4, -0.2) is 54.0 Å². The van der Waals surface area contributed by atoms with E-state index in [-0.39, 0.29) is 13.1 Å². The van der Waals surface area contributed by atoms with Crippen molar-refractivity contribution in [3.8, 4) is 0 Å². The molecule has 1 rings (SSSR count). The zero-order valence-corrected chi connectivity index (χ0v) is 8.88. The van der Waals surface area contributed by atoms with E-state index in [2.05, 4.69) is 4.74 Å². The van der Waals surface area contributed by atoms with Gasteiger partial charge in [0.15, 0.2) is 0 Å². The molecule has 1 aliphatic rings. The third-order valence-electron chi connectivity index (χ3n) is 2.47. The van der Waals surface area contributed by atoms with Crippen LogP contribution in [0.3, 0.4) is 0 Å². The number of ether oxygens (including phenoxy) is 1. The minimum atomic E-state index is -4.42. The molecular weight excluding hydrogens is 227 g/mol. The standard InChI is InChI=1S/C9H14F3NO3/c1-2-8(15)4-13(5-8)7(14)3-16-6-9(10,11)12/h15H,2-6H2,1H3. The van der Waals surface area contributed by atoms with E-state index in [0.717, 1.165) is 0 Å². The maximum atomic E-state index is 11.7. The van der Waals surface area contributed by atoms with Gasteiger partial charge in [0.2, 0.25) is 5.91 Å². The number of alkyl halides is 3. The number of hydrogen-bond donors (Lipinski definition) is 1. The molecule has 1 saturated heterocycles. The Morgan fingerprint density at radius 2 is 2.06 bits per heavy atom. The number of likely N-dealkylation sites (tertiary alicyclic amines) is 1. The van der Waals surface area contributed by atoms with Crippen LogP contribution in [0.2, 0.25) is 0 Å². The number of rotatable bonds is 4. The Bertz CT molecular complexity index is 261. The quantitative estimate of drug-likeness (QED) is 0.782. The highest BCUT2D eigenvalue weighted by molar-refractivity contribution is 5.78. The summed E-state index contributed by atoms with van der Waals surface area (Å²) in [4.78, 5) is 12.5. The molecule has 1 heterocycles. The average Bonchev–Trinajstić information content (AvgIpc) is 2.10. The normalized spacial score (nSPS) is 19.4. The number of amides is 1. The lowest BCUT2D eigenvalue weighted by Crippen LogP contribution is -2.63. The summed E-state index contributed by atoms with van der Waals surface area (Å²) in [5.74, 6) is -0.526. The molecule has 1 aliphatic heterocycles. The number of carbonyl (C=O) groups excluding carboxylic acids is 1. The molecule has 0 spiro atoms. The van der Waals surface area contributed by atoms with E-state index in [9.17, 15) is 23.1 Å². The lowest BCUT2D eigenvalue weighted by Gasteiger charge is -2.46. The van der Waals surface area contributed by atoms with Crippen molar-refractivity contribution in [2.24, 2.45) is 0 Å². The Balaban J connectivity index is 2.19. The lowest BCUT2D eigenvalue weighted by molar-refractivity contribution is -0.184. The molecule has 0 atom stereocenters. The van der Waals surface area contributed by atoms with E-state index in [1.807, 2.05) is 0 Å². The van der Waals surface area contributed by atoms with Crippen molar-refractivity contribution in [2.75, 3.05) is 26.3 Å². The lowest BCUT2D eigenvalue weighted by atomic mass is 9.91. The smallest absolute Gasteiger partial charge is 0.386 e. The fourth-order valence-corrected chi connectivity index (χ4v) is 1.41. The van der Waals surface area contributed by atoms with Crippen molar-refractivity contribution < 1.29 is 27.8 Å². The zero-order valence-electron chi connectivity index (χ0n) is 8.88. The Morgan fingerprint density at radius 3 is 2.50 bits per heavy atom. The third kappa shape index (κ3) is 3.64. The van der Waals surface area contributed by atoms with Gasteiger partial charge < -0.3 is 14.7 Å². The monoisotopic (exact) mass is 241 g/mol. The summed E-state index contributed by atoms with van der Waals surface area (Å²) in [5.41, 5.74) is -0.875. The SMILES string of the molecule is CCC1(O)CN(C(=O)COCC(F)(F)F)C1. The highest BCUT2D eigenvalue weighted by Crippen LogP contribution is 2.24. The first kappa shape index (κ1) is 13.2. The summed E-state index contributed by atoms with van der Waals surface area (Å²) in [6.07, 6.45) is -3.90. The summed E-state index contributed by atoms with van der Waals surface area (Å²) < 4.78 is 39.3. The molecule has 0 aromatic heterocycles. The predicted octanol–water partition coefficient (Wildman–Crippen LogP) is 0.549. The molecule has 0 aromatic carbocycles. The molecule has 0 radical (unpaired) electrons. The number of hydrogen-bond acceptors (Lipinski definition) is 3. The Labute approximate surface area is 91.0 Å². The number of carbonyl (C=O) groups is 1. The van der Waals surface area contributed by atoms with Gasteiger partial charge in [-0.25, -0.2) is 0 Å². The van der Waals surface area contributed by atoms with E-state index in [4.69, 9.17) is 0 Å². The fourth-order valence-electron chi connectivity index (χ4n) is 1.41. The minimum absolute atomic E-state index is 0.164. The van der Waals surface area contributed by atoms with E-state index < -0.39 is 30.9 Å². The zero-order chi connectivity index (χ0) is 12.4. The second-order valence-corrected chi connectivity index (χ2v) is 3.94. The first-order valence-corrected chi connectivity index (χ1v) is 4.90. The van der Waals surface area contributed by atoms with Crippen molar-refractivity contribution in [2.45, 2.75) is 25.1 Å². The summed E-state index contributed by atoms with van der Waals surface area (Å²) in [5, 5.41) is 9.58. The molecule has 0 saturated carbocycles. The van der Waals surface area contributed by atoms with Crippen molar-refractivity contribution in [1.82, 2.24) is 4.90 Å². The molecule has 1 fully saturated rings. The van der Waals surface area contributed by atoms with Crippen LogP contribution >= 0.6 is 0 Å². The molecular formula is C9H14F3NO3. The molecule has 0 aromatic rings. The summed E-state index contributed by atoms with van der Waals surface area (Å²) in [6.45, 7) is 0.0846. The van der Waals surface area contributed by atoms with Gasteiger partial charge in [-0.2, -0.15) is 13.2 Å². The van der Waals surface area contributed by atoms with Gasteiger partial charge in [0.25, 0.3) is 0 Å². The number of aliphatic hydroxyl groups is 1. The topological polar surface area (TPSA) is 49.8 Å². The van der Waals surface area contributed by atoms with Gasteiger partial charge in [0, 0.05) is 0 Å². The Morgan fingerprint density at radius 1 is 1.50 bits per heavy atom.